The van der Waals surface area contributed by atoms with Crippen LogP contribution in [0, 0.1) is 13.8 Å². The maximum absolute atomic E-state index is 11.7. The lowest BCUT2D eigenvalue weighted by molar-refractivity contribution is -0.140. The van der Waals surface area contributed by atoms with Gasteiger partial charge in [0.2, 0.25) is 0 Å². The molecule has 1 saturated carbocycles. The summed E-state index contributed by atoms with van der Waals surface area (Å²) >= 11 is 0. The summed E-state index contributed by atoms with van der Waals surface area (Å²) in [6.07, 6.45) is 0.958. The fourth-order valence-corrected chi connectivity index (χ4v) is 1.48. The number of hydrogen-bond donors (Lipinski definition) is 2. The minimum atomic E-state index is -1.06. The van der Waals surface area contributed by atoms with Gasteiger partial charge in [0.05, 0.1) is 0 Å². The van der Waals surface area contributed by atoms with Crippen LogP contribution in [0.3, 0.4) is 0 Å². The van der Waals surface area contributed by atoms with Crippen LogP contribution >= 0.6 is 0 Å². The molecule has 2 rings (SSSR count). The first-order valence-electron chi connectivity index (χ1n) is 5.07. The van der Waals surface area contributed by atoms with E-state index in [0.29, 0.717) is 18.6 Å². The van der Waals surface area contributed by atoms with Crippen molar-refractivity contribution in [2.24, 2.45) is 0 Å². The minimum absolute atomic E-state index is 0.169. The van der Waals surface area contributed by atoms with E-state index in [1.807, 2.05) is 6.92 Å². The third-order valence-corrected chi connectivity index (χ3v) is 2.90. The van der Waals surface area contributed by atoms with Gasteiger partial charge in [-0.15, -0.1) is 0 Å². The summed E-state index contributed by atoms with van der Waals surface area (Å²) in [5.74, 6) is -0.607. The first-order valence-corrected chi connectivity index (χ1v) is 5.07. The molecule has 5 nitrogen and oxygen atoms in total. The Morgan fingerprint density at radius 1 is 1.44 bits per heavy atom. The zero-order chi connectivity index (χ0) is 11.9. The van der Waals surface area contributed by atoms with Crippen molar-refractivity contribution in [3.05, 3.63) is 23.2 Å². The lowest BCUT2D eigenvalue weighted by atomic mass is 10.2. The summed E-state index contributed by atoms with van der Waals surface area (Å²) < 4.78 is 5.22. The van der Waals surface area contributed by atoms with Crippen molar-refractivity contribution in [1.82, 2.24) is 5.32 Å². The number of furan rings is 1. The molecule has 1 aromatic heterocycles. The molecular weight excluding hydrogens is 210 g/mol. The van der Waals surface area contributed by atoms with Gasteiger partial charge in [0.15, 0.2) is 5.76 Å². The van der Waals surface area contributed by atoms with Crippen LogP contribution < -0.4 is 5.32 Å². The van der Waals surface area contributed by atoms with Crippen LogP contribution in [-0.4, -0.2) is 22.5 Å². The molecule has 0 unspecified atom stereocenters. The summed E-state index contributed by atoms with van der Waals surface area (Å²) in [4.78, 5) is 22.6. The Balaban J connectivity index is 2.12. The van der Waals surface area contributed by atoms with Crippen molar-refractivity contribution >= 4 is 11.9 Å². The highest BCUT2D eigenvalue weighted by Crippen LogP contribution is 2.35. The smallest absolute Gasteiger partial charge is 0.329 e. The molecule has 1 aliphatic carbocycles. The molecule has 0 aromatic carbocycles. The molecule has 1 fully saturated rings. The van der Waals surface area contributed by atoms with Gasteiger partial charge in [-0.1, -0.05) is 0 Å². The number of rotatable bonds is 3. The molecule has 0 radical (unpaired) electrons. The summed E-state index contributed by atoms with van der Waals surface area (Å²) in [6.45, 7) is 3.59. The van der Waals surface area contributed by atoms with E-state index >= 15 is 0 Å². The molecule has 0 saturated heterocycles. The Hall–Kier alpha value is -1.78. The number of amides is 1. The standard InChI is InChI=1S/C11H13NO4/c1-6-5-8(16-7(6)2)9(13)12-11(3-4-11)10(14)15/h5H,3-4H2,1-2H3,(H,12,13)(H,14,15). The van der Waals surface area contributed by atoms with Crippen molar-refractivity contribution in [1.29, 1.82) is 0 Å². The van der Waals surface area contributed by atoms with Crippen LogP contribution in [0.15, 0.2) is 10.5 Å². The second kappa shape index (κ2) is 3.37. The van der Waals surface area contributed by atoms with E-state index in [1.54, 1.807) is 13.0 Å². The second-order valence-corrected chi connectivity index (χ2v) is 4.19. The second-order valence-electron chi connectivity index (χ2n) is 4.19. The minimum Gasteiger partial charge on any atom is -0.480 e. The highest BCUT2D eigenvalue weighted by Gasteiger charge is 2.52. The Morgan fingerprint density at radius 3 is 2.44 bits per heavy atom. The topological polar surface area (TPSA) is 79.5 Å². The number of aliphatic carboxylic acids is 1. The van der Waals surface area contributed by atoms with Gasteiger partial charge in [-0.2, -0.15) is 0 Å². The van der Waals surface area contributed by atoms with Gasteiger partial charge in [-0.3, -0.25) is 4.79 Å². The zero-order valence-corrected chi connectivity index (χ0v) is 9.16. The van der Waals surface area contributed by atoms with E-state index < -0.39 is 17.4 Å². The largest absolute Gasteiger partial charge is 0.480 e. The first kappa shape index (κ1) is 10.7. The average molecular weight is 223 g/mol. The molecule has 2 N–H and O–H groups in total. The van der Waals surface area contributed by atoms with Crippen LogP contribution in [0.25, 0.3) is 0 Å². The van der Waals surface area contributed by atoms with Crippen molar-refractivity contribution in [2.75, 3.05) is 0 Å². The third-order valence-electron chi connectivity index (χ3n) is 2.90. The number of hydrogen-bond acceptors (Lipinski definition) is 3. The van der Waals surface area contributed by atoms with E-state index in [9.17, 15) is 9.59 Å². The molecule has 1 aliphatic rings. The number of carbonyl (C=O) groups excluding carboxylic acids is 1. The fourth-order valence-electron chi connectivity index (χ4n) is 1.48. The lowest BCUT2D eigenvalue weighted by Crippen LogP contribution is -2.42. The van der Waals surface area contributed by atoms with Gasteiger partial charge in [-0.05, 0) is 38.3 Å². The van der Waals surface area contributed by atoms with Gasteiger partial charge in [-0.25, -0.2) is 4.79 Å². The Kier molecular flexibility index (Phi) is 2.26. The van der Waals surface area contributed by atoms with Gasteiger partial charge in [0.1, 0.15) is 11.3 Å². The van der Waals surface area contributed by atoms with Gasteiger partial charge < -0.3 is 14.8 Å². The zero-order valence-electron chi connectivity index (χ0n) is 9.16. The summed E-state index contributed by atoms with van der Waals surface area (Å²) in [7, 11) is 0. The van der Waals surface area contributed by atoms with E-state index in [0.717, 1.165) is 5.56 Å². The van der Waals surface area contributed by atoms with Gasteiger partial charge >= 0.3 is 5.97 Å². The highest BCUT2D eigenvalue weighted by molar-refractivity contribution is 5.97. The normalized spacial score (nSPS) is 16.9. The maximum Gasteiger partial charge on any atom is 0.329 e. The SMILES string of the molecule is Cc1cc(C(=O)NC2(C(=O)O)CC2)oc1C. The van der Waals surface area contributed by atoms with Crippen molar-refractivity contribution < 1.29 is 19.1 Å². The number of carboxylic acid groups (broad SMARTS) is 1. The summed E-state index contributed by atoms with van der Waals surface area (Å²) in [5.41, 5.74) is -0.184. The Morgan fingerprint density at radius 2 is 2.06 bits per heavy atom. The predicted octanol–water partition coefficient (Wildman–Crippen LogP) is 1.24. The predicted molar refractivity (Wildman–Crippen MR) is 55.2 cm³/mol. The quantitative estimate of drug-likeness (QED) is 0.808. The molecular formula is C11H13NO4. The molecule has 16 heavy (non-hydrogen) atoms. The molecule has 86 valence electrons. The number of carboxylic acids is 1. The van der Waals surface area contributed by atoms with Crippen LogP contribution in [0.5, 0.6) is 0 Å². The molecule has 0 aliphatic heterocycles. The van der Waals surface area contributed by atoms with Crippen LogP contribution in [-0.2, 0) is 4.79 Å². The number of carbonyl (C=O) groups is 2. The van der Waals surface area contributed by atoms with E-state index in [4.69, 9.17) is 9.52 Å². The Labute approximate surface area is 92.4 Å². The highest BCUT2D eigenvalue weighted by atomic mass is 16.4. The number of aryl methyl sites for hydroxylation is 2. The van der Waals surface area contributed by atoms with Crippen LogP contribution in [0.4, 0.5) is 0 Å². The summed E-state index contributed by atoms with van der Waals surface area (Å²) in [5, 5.41) is 11.4. The van der Waals surface area contributed by atoms with E-state index in [1.165, 1.54) is 0 Å². The molecule has 1 amide bonds. The molecule has 0 bridgehead atoms. The monoisotopic (exact) mass is 223 g/mol. The fraction of sp³-hybridized carbons (Fsp3) is 0.455. The summed E-state index contributed by atoms with van der Waals surface area (Å²) in [6, 6.07) is 1.61. The third kappa shape index (κ3) is 1.68. The van der Waals surface area contributed by atoms with E-state index in [-0.39, 0.29) is 5.76 Å². The van der Waals surface area contributed by atoms with Crippen molar-refractivity contribution in [2.45, 2.75) is 32.2 Å². The van der Waals surface area contributed by atoms with E-state index in [2.05, 4.69) is 5.32 Å². The van der Waals surface area contributed by atoms with Crippen molar-refractivity contribution in [3.8, 4) is 0 Å². The molecule has 0 atom stereocenters. The first-order chi connectivity index (χ1) is 7.44. The molecule has 1 heterocycles. The van der Waals surface area contributed by atoms with Gasteiger partial charge in [0, 0.05) is 0 Å². The van der Waals surface area contributed by atoms with Crippen LogP contribution in [0.1, 0.15) is 34.7 Å². The average Bonchev–Trinajstić information content (AvgIpc) is 2.90. The maximum atomic E-state index is 11.7. The number of nitrogens with one attached hydrogen (secondary N) is 1. The van der Waals surface area contributed by atoms with Crippen LogP contribution in [0.2, 0.25) is 0 Å². The molecule has 1 aromatic rings. The molecule has 0 spiro atoms. The van der Waals surface area contributed by atoms with Gasteiger partial charge in [0.25, 0.3) is 5.91 Å². The Bertz CT molecular complexity index is 437. The van der Waals surface area contributed by atoms with Crippen molar-refractivity contribution in [3.63, 3.8) is 0 Å². The lowest BCUT2D eigenvalue weighted by Gasteiger charge is -2.10. The molecule has 5 heteroatoms.